The van der Waals surface area contributed by atoms with Crippen LogP contribution in [0.25, 0.3) is 0 Å². The van der Waals surface area contributed by atoms with Crippen molar-refractivity contribution in [2.45, 2.75) is 56.9 Å². The molecule has 2 bridgehead atoms. The molecule has 1 atom stereocenters. The Kier molecular flexibility index (Phi) is 5.38. The average Bonchev–Trinajstić information content (AvgIpc) is 3.31. The lowest BCUT2D eigenvalue weighted by atomic mass is 9.71. The van der Waals surface area contributed by atoms with Crippen LogP contribution in [0.5, 0.6) is 0 Å². The predicted molar refractivity (Wildman–Crippen MR) is 116 cm³/mol. The second kappa shape index (κ2) is 8.31. The van der Waals surface area contributed by atoms with Crippen LogP contribution in [-0.4, -0.2) is 39.2 Å². The summed E-state index contributed by atoms with van der Waals surface area (Å²) in [4.78, 5) is 6.99. The second-order valence-corrected chi connectivity index (χ2v) is 8.78. The van der Waals surface area contributed by atoms with Gasteiger partial charge in [-0.2, -0.15) is 0 Å². The lowest BCUT2D eigenvalue weighted by Gasteiger charge is -2.46. The van der Waals surface area contributed by atoms with Gasteiger partial charge in [0.05, 0.1) is 5.41 Å². The lowest BCUT2D eigenvalue weighted by molar-refractivity contribution is 0.0445. The number of benzene rings is 1. The van der Waals surface area contributed by atoms with Crippen molar-refractivity contribution >= 4 is 0 Å². The minimum Gasteiger partial charge on any atom is -0.424 e. The smallest absolute Gasteiger partial charge is 0.231 e. The zero-order valence-electron chi connectivity index (χ0n) is 17.7. The number of aromatic nitrogens is 3. The molecule has 1 unspecified atom stereocenters. The molecule has 3 fully saturated rings. The van der Waals surface area contributed by atoms with Crippen LogP contribution in [0.3, 0.4) is 0 Å². The van der Waals surface area contributed by atoms with Gasteiger partial charge < -0.3 is 9.32 Å². The van der Waals surface area contributed by atoms with Crippen LogP contribution < -0.4 is 0 Å². The molecule has 156 valence electrons. The van der Waals surface area contributed by atoms with E-state index in [1.807, 2.05) is 12.4 Å². The Hall–Kier alpha value is -2.53. The first kappa shape index (κ1) is 19.4. The van der Waals surface area contributed by atoms with Gasteiger partial charge in [-0.1, -0.05) is 37.3 Å². The number of fused-ring (bicyclic) bond motifs is 3. The number of hydrogen-bond acceptors (Lipinski definition) is 5. The van der Waals surface area contributed by atoms with Crippen LogP contribution in [0.1, 0.15) is 61.9 Å². The summed E-state index contributed by atoms with van der Waals surface area (Å²) in [6, 6.07) is 15.6. The van der Waals surface area contributed by atoms with Crippen LogP contribution in [0, 0.1) is 5.92 Å². The van der Waals surface area contributed by atoms with Gasteiger partial charge in [0.2, 0.25) is 11.8 Å². The standard InChI is InChI=1S/C25H30N4O/c1-2-23-27-28-24(30-23)25(20-6-4-3-5-7-20,21-12-15-26-16-13-21)14-17-29-18-19-8-10-22(29)11-9-19/h3-7,12-13,15-16,19,22H,2,8-11,14,17-18H2,1H3. The summed E-state index contributed by atoms with van der Waals surface area (Å²) in [5, 5.41) is 8.91. The first-order chi connectivity index (χ1) is 14.8. The van der Waals surface area contributed by atoms with Gasteiger partial charge in [0.1, 0.15) is 0 Å². The highest BCUT2D eigenvalue weighted by Crippen LogP contribution is 2.43. The summed E-state index contributed by atoms with van der Waals surface area (Å²) in [5.41, 5.74) is 1.89. The van der Waals surface area contributed by atoms with Gasteiger partial charge in [-0.3, -0.25) is 4.98 Å². The van der Waals surface area contributed by atoms with Gasteiger partial charge in [-0.15, -0.1) is 10.2 Å². The van der Waals surface area contributed by atoms with Crippen molar-refractivity contribution in [3.8, 4) is 0 Å². The third-order valence-corrected chi connectivity index (χ3v) is 7.17. The Morgan fingerprint density at radius 1 is 0.967 bits per heavy atom. The zero-order chi connectivity index (χ0) is 20.4. The molecule has 6 rings (SSSR count). The molecular formula is C25H30N4O. The van der Waals surface area contributed by atoms with Crippen LogP contribution in [0.2, 0.25) is 0 Å². The summed E-state index contributed by atoms with van der Waals surface area (Å²) >= 11 is 0. The Labute approximate surface area is 178 Å². The molecule has 30 heavy (non-hydrogen) atoms. The molecule has 0 amide bonds. The van der Waals surface area contributed by atoms with E-state index in [0.717, 1.165) is 36.9 Å². The SMILES string of the molecule is CCc1nnc(C(CCN2CC3CCC2CC3)(c2ccccc2)c2ccncc2)o1. The van der Waals surface area contributed by atoms with Crippen molar-refractivity contribution < 1.29 is 4.42 Å². The summed E-state index contributed by atoms with van der Waals surface area (Å²) in [6.07, 6.45) is 10.9. The number of rotatable bonds is 7. The third kappa shape index (κ3) is 3.45. The Bertz CT molecular complexity index is 908. The highest BCUT2D eigenvalue weighted by molar-refractivity contribution is 5.44. The summed E-state index contributed by atoms with van der Waals surface area (Å²) in [6.45, 7) is 4.32. The minimum atomic E-state index is -0.471. The maximum atomic E-state index is 6.25. The largest absolute Gasteiger partial charge is 0.424 e. The van der Waals surface area contributed by atoms with E-state index in [4.69, 9.17) is 4.42 Å². The predicted octanol–water partition coefficient (Wildman–Crippen LogP) is 4.63. The van der Waals surface area contributed by atoms with Crippen molar-refractivity contribution in [3.05, 3.63) is 77.8 Å². The molecule has 3 aliphatic rings. The quantitative estimate of drug-likeness (QED) is 0.577. The van der Waals surface area contributed by atoms with Gasteiger partial charge >= 0.3 is 0 Å². The molecule has 2 aliphatic heterocycles. The Morgan fingerprint density at radius 3 is 2.33 bits per heavy atom. The molecule has 1 aromatic carbocycles. The lowest BCUT2D eigenvalue weighted by Crippen LogP contribution is -2.49. The number of nitrogens with zero attached hydrogens (tertiary/aromatic N) is 4. The van der Waals surface area contributed by atoms with Crippen LogP contribution >= 0.6 is 0 Å². The van der Waals surface area contributed by atoms with Crippen molar-refractivity contribution in [2.75, 3.05) is 13.1 Å². The summed E-state index contributed by atoms with van der Waals surface area (Å²) in [5.74, 6) is 2.26. The number of hydrogen-bond donors (Lipinski definition) is 0. The van der Waals surface area contributed by atoms with Crippen LogP contribution in [0.15, 0.2) is 59.3 Å². The van der Waals surface area contributed by atoms with E-state index < -0.39 is 5.41 Å². The molecule has 1 aliphatic carbocycles. The minimum absolute atomic E-state index is 0.471. The molecule has 1 saturated carbocycles. The second-order valence-electron chi connectivity index (χ2n) is 8.78. The number of aryl methyl sites for hydroxylation is 1. The van der Waals surface area contributed by atoms with Gasteiger partial charge in [0.25, 0.3) is 0 Å². The van der Waals surface area contributed by atoms with E-state index in [1.54, 1.807) is 0 Å². The van der Waals surface area contributed by atoms with E-state index in [0.29, 0.717) is 11.8 Å². The maximum absolute atomic E-state index is 6.25. The molecule has 2 saturated heterocycles. The molecule has 0 N–H and O–H groups in total. The monoisotopic (exact) mass is 402 g/mol. The Morgan fingerprint density at radius 2 is 1.70 bits per heavy atom. The molecular weight excluding hydrogens is 372 g/mol. The van der Waals surface area contributed by atoms with Gasteiger partial charge in [0.15, 0.2) is 0 Å². The molecule has 3 aromatic rings. The van der Waals surface area contributed by atoms with Crippen molar-refractivity contribution in [3.63, 3.8) is 0 Å². The molecule has 2 aromatic heterocycles. The molecule has 5 heteroatoms. The number of pyridine rings is 1. The van der Waals surface area contributed by atoms with Crippen LogP contribution in [0.4, 0.5) is 0 Å². The fraction of sp³-hybridized carbons (Fsp3) is 0.480. The normalized spacial score (nSPS) is 23.4. The van der Waals surface area contributed by atoms with E-state index in [1.165, 1.54) is 37.8 Å². The van der Waals surface area contributed by atoms with Crippen molar-refractivity contribution in [1.29, 1.82) is 0 Å². The van der Waals surface area contributed by atoms with E-state index in [2.05, 4.69) is 69.5 Å². The highest BCUT2D eigenvalue weighted by atomic mass is 16.4. The Balaban J connectivity index is 1.58. The zero-order valence-corrected chi connectivity index (χ0v) is 17.7. The molecule has 0 spiro atoms. The average molecular weight is 403 g/mol. The first-order valence-corrected chi connectivity index (χ1v) is 11.3. The topological polar surface area (TPSA) is 55.1 Å². The highest BCUT2D eigenvalue weighted by Gasteiger charge is 2.43. The fourth-order valence-electron chi connectivity index (χ4n) is 5.50. The fourth-order valence-corrected chi connectivity index (χ4v) is 5.50. The number of piperidine rings is 2. The van der Waals surface area contributed by atoms with E-state index in [9.17, 15) is 0 Å². The van der Waals surface area contributed by atoms with Crippen molar-refractivity contribution in [2.24, 2.45) is 5.92 Å². The molecule has 4 heterocycles. The summed E-state index contributed by atoms with van der Waals surface area (Å²) in [7, 11) is 0. The molecule has 5 nitrogen and oxygen atoms in total. The first-order valence-electron chi connectivity index (χ1n) is 11.3. The van der Waals surface area contributed by atoms with Gasteiger partial charge in [-0.05, 0) is 61.3 Å². The molecule has 0 radical (unpaired) electrons. The van der Waals surface area contributed by atoms with Gasteiger partial charge in [0, 0.05) is 37.9 Å². The van der Waals surface area contributed by atoms with E-state index >= 15 is 0 Å². The van der Waals surface area contributed by atoms with E-state index in [-0.39, 0.29) is 0 Å². The van der Waals surface area contributed by atoms with Crippen molar-refractivity contribution in [1.82, 2.24) is 20.1 Å². The third-order valence-electron chi connectivity index (χ3n) is 7.17. The maximum Gasteiger partial charge on any atom is 0.231 e. The summed E-state index contributed by atoms with van der Waals surface area (Å²) < 4.78 is 6.25. The van der Waals surface area contributed by atoms with Gasteiger partial charge in [-0.25, -0.2) is 0 Å². The van der Waals surface area contributed by atoms with Crippen LogP contribution in [-0.2, 0) is 11.8 Å².